The first-order valence-corrected chi connectivity index (χ1v) is 11.2. The molecule has 0 radical (unpaired) electrons. The molecular formula is C26H30N4O2. The van der Waals surface area contributed by atoms with Crippen LogP contribution in [-0.4, -0.2) is 26.5 Å². The van der Waals surface area contributed by atoms with E-state index in [0.717, 1.165) is 58.0 Å². The highest BCUT2D eigenvalue weighted by Gasteiger charge is 2.18. The van der Waals surface area contributed by atoms with Gasteiger partial charge < -0.3 is 9.73 Å². The fourth-order valence-electron chi connectivity index (χ4n) is 4.24. The maximum atomic E-state index is 12.5. The molecule has 0 saturated heterocycles. The molecule has 0 aliphatic carbocycles. The molecule has 0 fully saturated rings. The lowest BCUT2D eigenvalue weighted by Gasteiger charge is -2.15. The summed E-state index contributed by atoms with van der Waals surface area (Å²) in [4.78, 5) is 17.4. The molecule has 3 heterocycles. The molecule has 0 bridgehead atoms. The Morgan fingerprint density at radius 2 is 1.84 bits per heavy atom. The third-order valence-electron chi connectivity index (χ3n) is 5.98. The summed E-state index contributed by atoms with van der Waals surface area (Å²) in [7, 11) is 0. The molecule has 4 aromatic rings. The van der Waals surface area contributed by atoms with Gasteiger partial charge in [-0.3, -0.25) is 4.79 Å². The Morgan fingerprint density at radius 1 is 1.06 bits per heavy atom. The first kappa shape index (κ1) is 21.8. The standard InChI is InChI=1S/C26H30N4O2/c1-17(12-13-22-11-8-16-32-22)27-24(31)15-14-23-18(2)28-26-25(21-9-6-5-7-10-21)19(3)29-30(26)20(23)4/h5-11,16-17H,12-15H2,1-4H3,(H,27,31)/t17-/m1/s1. The molecule has 0 aliphatic rings. The van der Waals surface area contributed by atoms with Gasteiger partial charge >= 0.3 is 0 Å². The molecule has 6 heteroatoms. The van der Waals surface area contributed by atoms with E-state index < -0.39 is 0 Å². The van der Waals surface area contributed by atoms with E-state index in [0.29, 0.717) is 12.8 Å². The van der Waals surface area contributed by atoms with Gasteiger partial charge in [0.15, 0.2) is 5.65 Å². The van der Waals surface area contributed by atoms with E-state index in [9.17, 15) is 4.79 Å². The molecule has 0 aliphatic heterocycles. The molecule has 0 unspecified atom stereocenters. The van der Waals surface area contributed by atoms with Crippen LogP contribution < -0.4 is 5.32 Å². The lowest BCUT2D eigenvalue weighted by atomic mass is 10.0. The monoisotopic (exact) mass is 430 g/mol. The zero-order chi connectivity index (χ0) is 22.7. The molecule has 166 valence electrons. The second-order valence-corrected chi connectivity index (χ2v) is 8.41. The Morgan fingerprint density at radius 3 is 2.56 bits per heavy atom. The summed E-state index contributed by atoms with van der Waals surface area (Å²) in [5.41, 5.74) is 7.06. The van der Waals surface area contributed by atoms with Crippen molar-refractivity contribution >= 4 is 11.6 Å². The molecular weight excluding hydrogens is 400 g/mol. The van der Waals surface area contributed by atoms with Crippen LogP contribution in [0.2, 0.25) is 0 Å². The van der Waals surface area contributed by atoms with Crippen LogP contribution in [0.3, 0.4) is 0 Å². The predicted molar refractivity (Wildman–Crippen MR) is 126 cm³/mol. The van der Waals surface area contributed by atoms with E-state index >= 15 is 0 Å². The Labute approximate surface area is 188 Å². The number of fused-ring (bicyclic) bond motifs is 1. The van der Waals surface area contributed by atoms with Crippen LogP contribution in [0.4, 0.5) is 0 Å². The minimum atomic E-state index is 0.0532. The number of carbonyl (C=O) groups is 1. The number of rotatable bonds is 8. The fourth-order valence-corrected chi connectivity index (χ4v) is 4.24. The minimum Gasteiger partial charge on any atom is -0.469 e. The summed E-state index contributed by atoms with van der Waals surface area (Å²) in [5.74, 6) is 0.999. The van der Waals surface area contributed by atoms with Crippen LogP contribution in [0.5, 0.6) is 0 Å². The molecule has 1 aromatic carbocycles. The number of nitrogens with zero attached hydrogens (tertiary/aromatic N) is 3. The number of benzene rings is 1. The number of carbonyl (C=O) groups excluding carboxylic acids is 1. The largest absolute Gasteiger partial charge is 0.469 e. The number of furan rings is 1. The van der Waals surface area contributed by atoms with Crippen LogP contribution in [0, 0.1) is 20.8 Å². The molecule has 0 spiro atoms. The normalized spacial score (nSPS) is 12.2. The van der Waals surface area contributed by atoms with E-state index in [-0.39, 0.29) is 11.9 Å². The number of aryl methyl sites for hydroxylation is 4. The SMILES string of the molecule is Cc1nc2c(-c3ccccc3)c(C)nn2c(C)c1CCC(=O)N[C@H](C)CCc1ccco1. The van der Waals surface area contributed by atoms with Crippen LogP contribution in [0.25, 0.3) is 16.8 Å². The third kappa shape index (κ3) is 4.59. The third-order valence-corrected chi connectivity index (χ3v) is 5.98. The highest BCUT2D eigenvalue weighted by atomic mass is 16.3. The molecule has 3 aromatic heterocycles. The van der Waals surface area contributed by atoms with Gasteiger partial charge in [-0.25, -0.2) is 9.50 Å². The predicted octanol–water partition coefficient (Wildman–Crippen LogP) is 4.98. The second-order valence-electron chi connectivity index (χ2n) is 8.41. The summed E-state index contributed by atoms with van der Waals surface area (Å²) in [6, 6.07) is 14.2. The lowest BCUT2D eigenvalue weighted by Crippen LogP contribution is -2.33. The van der Waals surface area contributed by atoms with Crippen LogP contribution in [-0.2, 0) is 17.6 Å². The van der Waals surface area contributed by atoms with Gasteiger partial charge in [-0.15, -0.1) is 0 Å². The van der Waals surface area contributed by atoms with Gasteiger partial charge in [0.1, 0.15) is 5.76 Å². The minimum absolute atomic E-state index is 0.0532. The molecule has 1 N–H and O–H groups in total. The Bertz CT molecular complexity index is 1210. The maximum absolute atomic E-state index is 12.5. The number of aromatic nitrogens is 3. The van der Waals surface area contributed by atoms with Gasteiger partial charge in [-0.2, -0.15) is 5.10 Å². The van der Waals surface area contributed by atoms with Gasteiger partial charge in [-0.1, -0.05) is 30.3 Å². The molecule has 1 atom stereocenters. The molecule has 4 rings (SSSR count). The van der Waals surface area contributed by atoms with Crippen molar-refractivity contribution in [3.05, 3.63) is 77.1 Å². The highest BCUT2D eigenvalue weighted by molar-refractivity contribution is 5.80. The van der Waals surface area contributed by atoms with Gasteiger partial charge in [0, 0.05) is 35.8 Å². The van der Waals surface area contributed by atoms with Crippen molar-refractivity contribution in [2.75, 3.05) is 0 Å². The summed E-state index contributed by atoms with van der Waals surface area (Å²) >= 11 is 0. The molecule has 1 amide bonds. The highest BCUT2D eigenvalue weighted by Crippen LogP contribution is 2.29. The molecule has 32 heavy (non-hydrogen) atoms. The zero-order valence-electron chi connectivity index (χ0n) is 19.2. The Kier molecular flexibility index (Phi) is 6.40. The lowest BCUT2D eigenvalue weighted by molar-refractivity contribution is -0.121. The topological polar surface area (TPSA) is 72.4 Å². The van der Waals surface area contributed by atoms with Crippen molar-refractivity contribution < 1.29 is 9.21 Å². The van der Waals surface area contributed by atoms with Crippen molar-refractivity contribution in [1.82, 2.24) is 19.9 Å². The average Bonchev–Trinajstić information content (AvgIpc) is 3.40. The number of amides is 1. The van der Waals surface area contributed by atoms with Crippen LogP contribution in [0.15, 0.2) is 53.1 Å². The van der Waals surface area contributed by atoms with Gasteiger partial charge in [0.2, 0.25) is 5.91 Å². The van der Waals surface area contributed by atoms with E-state index in [1.807, 2.05) is 55.6 Å². The summed E-state index contributed by atoms with van der Waals surface area (Å²) in [6.45, 7) is 8.12. The molecule has 6 nitrogen and oxygen atoms in total. The summed E-state index contributed by atoms with van der Waals surface area (Å²) < 4.78 is 7.29. The fraction of sp³-hybridized carbons (Fsp3) is 0.346. The van der Waals surface area contributed by atoms with E-state index in [1.165, 1.54) is 0 Å². The maximum Gasteiger partial charge on any atom is 0.220 e. The van der Waals surface area contributed by atoms with Gasteiger partial charge in [0.05, 0.1) is 12.0 Å². The summed E-state index contributed by atoms with van der Waals surface area (Å²) in [5, 5.41) is 7.86. The number of nitrogens with one attached hydrogen (secondary N) is 1. The average molecular weight is 431 g/mol. The quantitative estimate of drug-likeness (QED) is 0.428. The Balaban J connectivity index is 1.46. The smallest absolute Gasteiger partial charge is 0.220 e. The first-order valence-electron chi connectivity index (χ1n) is 11.2. The number of hydrogen-bond donors (Lipinski definition) is 1. The van der Waals surface area contributed by atoms with Crippen molar-refractivity contribution in [3.63, 3.8) is 0 Å². The summed E-state index contributed by atoms with van der Waals surface area (Å²) in [6.07, 6.45) is 4.40. The van der Waals surface area contributed by atoms with Crippen LogP contribution in [0.1, 0.15) is 48.2 Å². The van der Waals surface area contributed by atoms with Crippen molar-refractivity contribution in [2.24, 2.45) is 0 Å². The Hall–Kier alpha value is -3.41. The number of hydrogen-bond acceptors (Lipinski definition) is 4. The van der Waals surface area contributed by atoms with Crippen molar-refractivity contribution in [3.8, 4) is 11.1 Å². The van der Waals surface area contributed by atoms with E-state index in [4.69, 9.17) is 14.5 Å². The van der Waals surface area contributed by atoms with E-state index in [2.05, 4.69) is 24.4 Å². The van der Waals surface area contributed by atoms with Gasteiger partial charge in [-0.05, 0) is 63.8 Å². The van der Waals surface area contributed by atoms with Gasteiger partial charge in [0.25, 0.3) is 0 Å². The van der Waals surface area contributed by atoms with Crippen molar-refractivity contribution in [1.29, 1.82) is 0 Å². The van der Waals surface area contributed by atoms with E-state index in [1.54, 1.807) is 6.26 Å². The molecule has 0 saturated carbocycles. The first-order chi connectivity index (χ1) is 15.4. The van der Waals surface area contributed by atoms with Crippen molar-refractivity contribution in [2.45, 2.75) is 59.4 Å². The zero-order valence-corrected chi connectivity index (χ0v) is 19.2. The second kappa shape index (κ2) is 9.39. The van der Waals surface area contributed by atoms with Crippen LogP contribution >= 0.6 is 0 Å².